The maximum atomic E-state index is 11.7. The lowest BCUT2D eigenvalue weighted by Gasteiger charge is -2.17. The van der Waals surface area contributed by atoms with Gasteiger partial charge >= 0.3 is 5.97 Å². The smallest absolute Gasteiger partial charge is 0.328 e. The number of nitrogens with one attached hydrogen (secondary N) is 1. The summed E-state index contributed by atoms with van der Waals surface area (Å²) in [6.07, 6.45) is 0.223. The Morgan fingerprint density at radius 3 is 2.58 bits per heavy atom. The van der Waals surface area contributed by atoms with Crippen molar-refractivity contribution in [3.8, 4) is 6.07 Å². The van der Waals surface area contributed by atoms with Crippen LogP contribution in [-0.2, 0) is 9.53 Å². The molecule has 0 saturated carbocycles. The number of hydrogen-bond acceptors (Lipinski definition) is 4. The molecule has 1 aromatic rings. The molecule has 0 aromatic heterocycles. The third kappa shape index (κ3) is 4.29. The molecule has 0 saturated heterocycles. The monoisotopic (exact) mass is 260 g/mol. The van der Waals surface area contributed by atoms with Crippen LogP contribution >= 0.6 is 0 Å². The molecule has 4 nitrogen and oxygen atoms in total. The lowest BCUT2D eigenvalue weighted by Crippen LogP contribution is -2.28. The normalized spacial score (nSPS) is 11.5. The first kappa shape index (κ1) is 15.0. The number of hydrogen-bond donors (Lipinski definition) is 1. The highest BCUT2D eigenvalue weighted by Crippen LogP contribution is 2.20. The zero-order valence-corrected chi connectivity index (χ0v) is 11.9. The topological polar surface area (TPSA) is 62.1 Å². The van der Waals surface area contributed by atoms with E-state index in [-0.39, 0.29) is 19.0 Å². The number of benzene rings is 1. The lowest BCUT2D eigenvalue weighted by molar-refractivity contribution is -0.143. The molecule has 0 heterocycles. The molecule has 0 radical (unpaired) electrons. The molecule has 0 aliphatic heterocycles. The van der Waals surface area contributed by atoms with Crippen molar-refractivity contribution in [3.63, 3.8) is 0 Å². The highest BCUT2D eigenvalue weighted by Gasteiger charge is 2.15. The summed E-state index contributed by atoms with van der Waals surface area (Å²) in [7, 11) is 0. The van der Waals surface area contributed by atoms with E-state index in [2.05, 4.69) is 18.3 Å². The van der Waals surface area contributed by atoms with E-state index in [0.29, 0.717) is 0 Å². The number of ether oxygens (including phenoxy) is 1. The Morgan fingerprint density at radius 2 is 1.95 bits per heavy atom. The number of nitrogens with zero attached hydrogens (tertiary/aromatic N) is 1. The molecule has 1 aromatic carbocycles. The third-order valence-corrected chi connectivity index (χ3v) is 3.02. The molecular weight excluding hydrogens is 240 g/mol. The molecule has 0 amide bonds. The first-order valence-corrected chi connectivity index (χ1v) is 6.33. The van der Waals surface area contributed by atoms with Crippen LogP contribution < -0.4 is 5.32 Å². The van der Waals surface area contributed by atoms with E-state index in [1.165, 1.54) is 11.1 Å². The summed E-state index contributed by atoms with van der Waals surface area (Å²) in [5.41, 5.74) is 4.44. The van der Waals surface area contributed by atoms with E-state index >= 15 is 0 Å². The fourth-order valence-electron chi connectivity index (χ4n) is 1.73. The number of aryl methyl sites for hydroxylation is 3. The molecule has 0 aliphatic carbocycles. The van der Waals surface area contributed by atoms with Crippen molar-refractivity contribution < 1.29 is 9.53 Å². The standard InChI is InChI=1S/C15H20N2O2/c1-10-8-12(3)14(9-11(10)2)17-13(4)15(18)19-7-5-6-16/h8-9,13,17H,5,7H2,1-4H3/t13-/m0/s1. The molecule has 0 aliphatic rings. The highest BCUT2D eigenvalue weighted by molar-refractivity contribution is 5.79. The van der Waals surface area contributed by atoms with Crippen LogP contribution in [0.4, 0.5) is 5.69 Å². The maximum absolute atomic E-state index is 11.7. The Labute approximate surface area is 114 Å². The van der Waals surface area contributed by atoms with Crippen molar-refractivity contribution in [2.45, 2.75) is 40.2 Å². The number of carbonyl (C=O) groups is 1. The molecule has 102 valence electrons. The summed E-state index contributed by atoms with van der Waals surface area (Å²) in [4.78, 5) is 11.7. The summed E-state index contributed by atoms with van der Waals surface area (Å²) < 4.78 is 4.99. The van der Waals surface area contributed by atoms with Gasteiger partial charge in [0.15, 0.2) is 0 Å². The van der Waals surface area contributed by atoms with Crippen molar-refractivity contribution >= 4 is 11.7 Å². The van der Waals surface area contributed by atoms with Crippen molar-refractivity contribution in [2.75, 3.05) is 11.9 Å². The highest BCUT2D eigenvalue weighted by atomic mass is 16.5. The SMILES string of the molecule is Cc1cc(C)c(N[C@@H](C)C(=O)OCCC#N)cc1C. The van der Waals surface area contributed by atoms with Gasteiger partial charge in [0.2, 0.25) is 0 Å². The van der Waals surface area contributed by atoms with Crippen LogP contribution in [0.2, 0.25) is 0 Å². The van der Waals surface area contributed by atoms with Gasteiger partial charge in [-0.25, -0.2) is 4.79 Å². The van der Waals surface area contributed by atoms with E-state index in [1.54, 1.807) is 6.92 Å². The summed E-state index contributed by atoms with van der Waals surface area (Å²) in [6.45, 7) is 8.00. The van der Waals surface area contributed by atoms with Gasteiger partial charge in [-0.3, -0.25) is 0 Å². The summed E-state index contributed by atoms with van der Waals surface area (Å²) in [5.74, 6) is -0.340. The maximum Gasteiger partial charge on any atom is 0.328 e. The van der Waals surface area contributed by atoms with Crippen LogP contribution in [0.15, 0.2) is 12.1 Å². The largest absolute Gasteiger partial charge is 0.463 e. The second-order valence-corrected chi connectivity index (χ2v) is 4.69. The van der Waals surface area contributed by atoms with Gasteiger partial charge in [0.25, 0.3) is 0 Å². The fraction of sp³-hybridized carbons (Fsp3) is 0.467. The van der Waals surface area contributed by atoms with Gasteiger partial charge in [-0.1, -0.05) is 6.07 Å². The average molecular weight is 260 g/mol. The Hall–Kier alpha value is -2.02. The van der Waals surface area contributed by atoms with Gasteiger partial charge in [-0.2, -0.15) is 5.26 Å². The molecule has 4 heteroatoms. The van der Waals surface area contributed by atoms with Crippen LogP contribution in [-0.4, -0.2) is 18.6 Å². The van der Waals surface area contributed by atoms with Crippen LogP contribution in [0.3, 0.4) is 0 Å². The molecule has 1 atom stereocenters. The minimum atomic E-state index is -0.431. The molecule has 0 unspecified atom stereocenters. The van der Waals surface area contributed by atoms with Crippen molar-refractivity contribution in [1.29, 1.82) is 5.26 Å². The van der Waals surface area contributed by atoms with Gasteiger partial charge in [-0.15, -0.1) is 0 Å². The first-order valence-electron chi connectivity index (χ1n) is 6.33. The van der Waals surface area contributed by atoms with Crippen LogP contribution in [0.1, 0.15) is 30.0 Å². The first-order chi connectivity index (χ1) is 8.95. The van der Waals surface area contributed by atoms with Gasteiger partial charge in [0, 0.05) is 5.69 Å². The van der Waals surface area contributed by atoms with Crippen molar-refractivity contribution in [1.82, 2.24) is 0 Å². The third-order valence-electron chi connectivity index (χ3n) is 3.02. The summed E-state index contributed by atoms with van der Waals surface area (Å²) >= 11 is 0. The number of esters is 1. The molecule has 19 heavy (non-hydrogen) atoms. The van der Waals surface area contributed by atoms with Gasteiger partial charge < -0.3 is 10.1 Å². The Morgan fingerprint density at radius 1 is 1.32 bits per heavy atom. The minimum absolute atomic E-state index is 0.146. The number of nitriles is 1. The second-order valence-electron chi connectivity index (χ2n) is 4.69. The predicted octanol–water partition coefficient (Wildman–Crippen LogP) is 2.87. The molecule has 0 spiro atoms. The summed E-state index contributed by atoms with van der Waals surface area (Å²) in [6, 6.07) is 5.63. The lowest BCUT2D eigenvalue weighted by atomic mass is 10.0. The van der Waals surface area contributed by atoms with E-state index in [1.807, 2.05) is 26.0 Å². The summed E-state index contributed by atoms with van der Waals surface area (Å²) in [5, 5.41) is 11.5. The molecule has 0 fully saturated rings. The van der Waals surface area contributed by atoms with E-state index in [9.17, 15) is 4.79 Å². The zero-order valence-electron chi connectivity index (χ0n) is 11.9. The zero-order chi connectivity index (χ0) is 14.4. The van der Waals surface area contributed by atoms with Gasteiger partial charge in [-0.05, 0) is 50.5 Å². The number of carbonyl (C=O) groups excluding carboxylic acids is 1. The van der Waals surface area contributed by atoms with E-state index in [0.717, 1.165) is 11.3 Å². The number of anilines is 1. The second kappa shape index (κ2) is 6.79. The predicted molar refractivity (Wildman–Crippen MR) is 74.9 cm³/mol. The number of rotatable bonds is 5. The average Bonchev–Trinajstić information content (AvgIpc) is 2.36. The fourth-order valence-corrected chi connectivity index (χ4v) is 1.73. The van der Waals surface area contributed by atoms with Gasteiger partial charge in [0.1, 0.15) is 12.6 Å². The Bertz CT molecular complexity index is 504. The van der Waals surface area contributed by atoms with Crippen LogP contribution in [0.5, 0.6) is 0 Å². The molecule has 1 N–H and O–H groups in total. The molecule has 0 bridgehead atoms. The van der Waals surface area contributed by atoms with Crippen molar-refractivity contribution in [2.24, 2.45) is 0 Å². The molecule has 1 rings (SSSR count). The minimum Gasteiger partial charge on any atom is -0.463 e. The van der Waals surface area contributed by atoms with E-state index < -0.39 is 6.04 Å². The van der Waals surface area contributed by atoms with Gasteiger partial charge in [0.05, 0.1) is 12.5 Å². The molecular formula is C15H20N2O2. The van der Waals surface area contributed by atoms with Crippen LogP contribution in [0, 0.1) is 32.1 Å². The quantitative estimate of drug-likeness (QED) is 0.653. The Kier molecular flexibility index (Phi) is 5.37. The van der Waals surface area contributed by atoms with E-state index in [4.69, 9.17) is 10.00 Å². The Balaban J connectivity index is 2.66. The van der Waals surface area contributed by atoms with Crippen LogP contribution in [0.25, 0.3) is 0 Å². The van der Waals surface area contributed by atoms with Crippen molar-refractivity contribution in [3.05, 3.63) is 28.8 Å².